The number of halogens is 1. The number of aliphatic imine (C=N–C) groups is 1. The molecule has 0 bridgehead atoms. The SMILES string of the molecule is CCN1C(=O)N(c2cccc(Cl)c2)CS/C1=N\C(C)(C)C. The number of carbonyl (C=O) groups is 1. The van der Waals surface area contributed by atoms with Crippen LogP contribution in [0, 0.1) is 0 Å². The Morgan fingerprint density at radius 1 is 1.38 bits per heavy atom. The lowest BCUT2D eigenvalue weighted by atomic mass is 10.1. The standard InChI is InChI=1S/C15H20ClN3OS/c1-5-18-13(17-15(2,3)4)21-10-19(14(18)20)12-8-6-7-11(16)9-12/h6-9H,5,10H2,1-4H3/b17-13-. The monoisotopic (exact) mass is 325 g/mol. The van der Waals surface area contributed by atoms with E-state index in [2.05, 4.69) is 4.99 Å². The minimum Gasteiger partial charge on any atom is -0.284 e. The smallest absolute Gasteiger partial charge is 0.284 e. The van der Waals surface area contributed by atoms with Gasteiger partial charge in [-0.05, 0) is 45.9 Å². The Bertz CT molecular complexity index is 568. The van der Waals surface area contributed by atoms with Crippen molar-refractivity contribution in [3.05, 3.63) is 29.3 Å². The van der Waals surface area contributed by atoms with E-state index < -0.39 is 0 Å². The molecule has 0 aromatic heterocycles. The lowest BCUT2D eigenvalue weighted by Crippen LogP contribution is -2.50. The van der Waals surface area contributed by atoms with Crippen LogP contribution in [0.1, 0.15) is 27.7 Å². The lowest BCUT2D eigenvalue weighted by molar-refractivity contribution is 0.229. The number of hydrogen-bond acceptors (Lipinski definition) is 3. The molecule has 0 saturated carbocycles. The van der Waals surface area contributed by atoms with Crippen molar-refractivity contribution in [2.45, 2.75) is 33.2 Å². The summed E-state index contributed by atoms with van der Waals surface area (Å²) in [6, 6.07) is 7.30. The van der Waals surface area contributed by atoms with Crippen molar-refractivity contribution in [3.8, 4) is 0 Å². The summed E-state index contributed by atoms with van der Waals surface area (Å²) in [5.41, 5.74) is 0.613. The summed E-state index contributed by atoms with van der Waals surface area (Å²) in [6.45, 7) is 8.64. The first-order chi connectivity index (χ1) is 9.81. The van der Waals surface area contributed by atoms with Crippen LogP contribution in [0.5, 0.6) is 0 Å². The van der Waals surface area contributed by atoms with Crippen LogP contribution in [-0.4, -0.2) is 34.1 Å². The molecule has 0 spiro atoms. The highest BCUT2D eigenvalue weighted by Gasteiger charge is 2.32. The molecule has 2 amide bonds. The minimum absolute atomic E-state index is 0.0542. The van der Waals surface area contributed by atoms with Crippen LogP contribution in [0.15, 0.2) is 29.3 Å². The normalized spacial score (nSPS) is 18.5. The third kappa shape index (κ3) is 3.92. The predicted octanol–water partition coefficient (Wildman–Crippen LogP) is 4.45. The third-order valence-corrected chi connectivity index (χ3v) is 4.07. The van der Waals surface area contributed by atoms with E-state index in [4.69, 9.17) is 11.6 Å². The molecule has 2 rings (SSSR count). The van der Waals surface area contributed by atoms with E-state index in [1.807, 2.05) is 39.8 Å². The summed E-state index contributed by atoms with van der Waals surface area (Å²) in [6.07, 6.45) is 0. The van der Waals surface area contributed by atoms with E-state index in [0.717, 1.165) is 10.9 Å². The molecule has 1 aliphatic heterocycles. The molecule has 1 fully saturated rings. The van der Waals surface area contributed by atoms with Crippen molar-refractivity contribution in [2.24, 2.45) is 4.99 Å². The summed E-state index contributed by atoms with van der Waals surface area (Å²) in [4.78, 5) is 20.8. The van der Waals surface area contributed by atoms with Gasteiger partial charge in [-0.15, -0.1) is 0 Å². The first-order valence-corrected chi connectivity index (χ1v) is 8.25. The fourth-order valence-corrected chi connectivity index (χ4v) is 3.35. The Balaban J connectivity index is 2.29. The van der Waals surface area contributed by atoms with Crippen LogP contribution in [-0.2, 0) is 0 Å². The third-order valence-electron chi connectivity index (χ3n) is 2.88. The van der Waals surface area contributed by atoms with Gasteiger partial charge < -0.3 is 0 Å². The van der Waals surface area contributed by atoms with Crippen molar-refractivity contribution in [1.29, 1.82) is 0 Å². The summed E-state index contributed by atoms with van der Waals surface area (Å²) in [5.74, 6) is 0.546. The molecular formula is C15H20ClN3OS. The van der Waals surface area contributed by atoms with Crippen molar-refractivity contribution < 1.29 is 4.79 Å². The maximum atomic E-state index is 12.7. The van der Waals surface area contributed by atoms with Gasteiger partial charge in [0.25, 0.3) is 0 Å². The maximum Gasteiger partial charge on any atom is 0.331 e. The molecule has 0 N–H and O–H groups in total. The predicted molar refractivity (Wildman–Crippen MR) is 91.4 cm³/mol. The zero-order chi connectivity index (χ0) is 15.6. The molecule has 1 heterocycles. The van der Waals surface area contributed by atoms with Gasteiger partial charge in [-0.1, -0.05) is 29.4 Å². The number of hydrogen-bond donors (Lipinski definition) is 0. The highest BCUT2D eigenvalue weighted by atomic mass is 35.5. The Labute approximate surface area is 135 Å². The average Bonchev–Trinajstić information content (AvgIpc) is 2.37. The number of benzene rings is 1. The molecule has 0 radical (unpaired) electrons. The summed E-state index contributed by atoms with van der Waals surface area (Å²) >= 11 is 7.59. The second-order valence-corrected chi connectivity index (χ2v) is 7.12. The molecular weight excluding hydrogens is 306 g/mol. The van der Waals surface area contributed by atoms with Crippen LogP contribution >= 0.6 is 23.4 Å². The molecule has 6 heteroatoms. The molecule has 21 heavy (non-hydrogen) atoms. The Morgan fingerprint density at radius 3 is 2.67 bits per heavy atom. The number of amidine groups is 1. The molecule has 1 aromatic carbocycles. The number of urea groups is 1. The molecule has 0 aliphatic carbocycles. The number of anilines is 1. The number of carbonyl (C=O) groups excluding carboxylic acids is 1. The molecule has 1 aromatic rings. The van der Waals surface area contributed by atoms with Crippen molar-refractivity contribution in [3.63, 3.8) is 0 Å². The van der Waals surface area contributed by atoms with Gasteiger partial charge in [0, 0.05) is 17.3 Å². The molecule has 4 nitrogen and oxygen atoms in total. The number of amides is 2. The first kappa shape index (κ1) is 16.2. The van der Waals surface area contributed by atoms with Crippen LogP contribution in [0.4, 0.5) is 10.5 Å². The maximum absolute atomic E-state index is 12.7. The van der Waals surface area contributed by atoms with E-state index in [-0.39, 0.29) is 11.6 Å². The Morgan fingerprint density at radius 2 is 2.10 bits per heavy atom. The van der Waals surface area contributed by atoms with Crippen LogP contribution in [0.2, 0.25) is 5.02 Å². The zero-order valence-electron chi connectivity index (χ0n) is 12.8. The highest BCUT2D eigenvalue weighted by molar-refractivity contribution is 8.14. The van der Waals surface area contributed by atoms with Crippen molar-refractivity contribution in [1.82, 2.24) is 4.90 Å². The van der Waals surface area contributed by atoms with E-state index >= 15 is 0 Å². The molecule has 0 atom stereocenters. The average molecular weight is 326 g/mol. The fourth-order valence-electron chi connectivity index (χ4n) is 1.96. The zero-order valence-corrected chi connectivity index (χ0v) is 14.3. The van der Waals surface area contributed by atoms with Gasteiger partial charge in [0.05, 0.1) is 11.4 Å². The van der Waals surface area contributed by atoms with Crippen LogP contribution in [0.3, 0.4) is 0 Å². The topological polar surface area (TPSA) is 35.9 Å². The van der Waals surface area contributed by atoms with Gasteiger partial charge in [-0.2, -0.15) is 0 Å². The van der Waals surface area contributed by atoms with Crippen LogP contribution < -0.4 is 4.90 Å². The first-order valence-electron chi connectivity index (χ1n) is 6.89. The quantitative estimate of drug-likeness (QED) is 0.805. The largest absolute Gasteiger partial charge is 0.331 e. The van der Waals surface area contributed by atoms with Gasteiger partial charge in [-0.3, -0.25) is 14.8 Å². The van der Waals surface area contributed by atoms with Gasteiger partial charge in [0.2, 0.25) is 0 Å². The summed E-state index contributed by atoms with van der Waals surface area (Å²) in [5, 5.41) is 1.41. The molecule has 114 valence electrons. The van der Waals surface area contributed by atoms with Gasteiger partial charge in [0.15, 0.2) is 5.17 Å². The van der Waals surface area contributed by atoms with E-state index in [1.54, 1.807) is 33.7 Å². The van der Waals surface area contributed by atoms with Gasteiger partial charge in [0.1, 0.15) is 0 Å². The molecule has 1 aliphatic rings. The van der Waals surface area contributed by atoms with E-state index in [0.29, 0.717) is 17.4 Å². The van der Waals surface area contributed by atoms with Crippen molar-refractivity contribution >= 4 is 40.2 Å². The van der Waals surface area contributed by atoms with E-state index in [1.165, 1.54) is 0 Å². The van der Waals surface area contributed by atoms with E-state index in [9.17, 15) is 4.79 Å². The van der Waals surface area contributed by atoms with Crippen LogP contribution in [0.25, 0.3) is 0 Å². The Kier molecular flexibility index (Phi) is 4.84. The second-order valence-electron chi connectivity index (χ2n) is 5.77. The highest BCUT2D eigenvalue weighted by Crippen LogP contribution is 2.29. The molecule has 0 unspecified atom stereocenters. The van der Waals surface area contributed by atoms with Crippen molar-refractivity contribution in [2.75, 3.05) is 17.3 Å². The number of rotatable bonds is 2. The van der Waals surface area contributed by atoms with Gasteiger partial charge in [-0.25, -0.2) is 4.79 Å². The fraction of sp³-hybridized carbons (Fsp3) is 0.467. The summed E-state index contributed by atoms with van der Waals surface area (Å²) in [7, 11) is 0. The lowest BCUT2D eigenvalue weighted by Gasteiger charge is -2.36. The summed E-state index contributed by atoms with van der Waals surface area (Å²) < 4.78 is 0. The molecule has 1 saturated heterocycles. The number of thioether (sulfide) groups is 1. The Hall–Kier alpha value is -1.20. The minimum atomic E-state index is -0.200. The second kappa shape index (κ2) is 6.28. The number of nitrogens with zero attached hydrogens (tertiary/aromatic N) is 3. The van der Waals surface area contributed by atoms with Gasteiger partial charge >= 0.3 is 6.03 Å².